The van der Waals surface area contributed by atoms with Crippen LogP contribution in [0.2, 0.25) is 0 Å². The van der Waals surface area contributed by atoms with E-state index >= 15 is 0 Å². The van der Waals surface area contributed by atoms with Crippen LogP contribution in [0.5, 0.6) is 0 Å². The van der Waals surface area contributed by atoms with E-state index in [1.165, 1.54) is 12.8 Å². The highest BCUT2D eigenvalue weighted by atomic mass is 16.4. The third-order valence-electron chi connectivity index (χ3n) is 2.72. The summed E-state index contributed by atoms with van der Waals surface area (Å²) in [6.45, 7) is -0.00764. The predicted molar refractivity (Wildman–Crippen MR) is 52.8 cm³/mol. The molecule has 78 valence electrons. The number of carbonyl (C=O) groups is 1. The zero-order valence-electron chi connectivity index (χ0n) is 8.13. The number of nitrogens with zero attached hydrogens (tertiary/aromatic N) is 3. The molecule has 1 saturated carbocycles. The highest BCUT2D eigenvalue weighted by Gasteiger charge is 2.26. The maximum atomic E-state index is 10.6. The molecular formula is C10H11N3O2. The Morgan fingerprint density at radius 2 is 2.33 bits per heavy atom. The lowest BCUT2D eigenvalue weighted by molar-refractivity contribution is -0.137. The lowest BCUT2D eigenvalue weighted by Crippen LogP contribution is -2.07. The summed E-state index contributed by atoms with van der Waals surface area (Å²) in [5.74, 6) is -0.231. The maximum absolute atomic E-state index is 10.6. The number of imidazole rings is 1. The topological polar surface area (TPSA) is 59.5 Å². The first kappa shape index (κ1) is 8.52. The van der Waals surface area contributed by atoms with Gasteiger partial charge in [0, 0.05) is 24.4 Å². The summed E-state index contributed by atoms with van der Waals surface area (Å²) in [4.78, 5) is 10.6. The molecule has 3 rings (SSSR count). The largest absolute Gasteiger partial charge is 0.480 e. The van der Waals surface area contributed by atoms with Crippen LogP contribution >= 0.6 is 0 Å². The fourth-order valence-electron chi connectivity index (χ4n) is 1.81. The van der Waals surface area contributed by atoms with E-state index in [-0.39, 0.29) is 6.54 Å². The maximum Gasteiger partial charge on any atom is 0.323 e. The Morgan fingerprint density at radius 1 is 1.53 bits per heavy atom. The molecule has 0 bridgehead atoms. The third-order valence-corrected chi connectivity index (χ3v) is 2.72. The number of hydrogen-bond acceptors (Lipinski definition) is 2. The molecule has 0 unspecified atom stereocenters. The molecule has 2 aromatic rings. The monoisotopic (exact) mass is 205 g/mol. The Balaban J connectivity index is 2.03. The molecule has 0 aromatic carbocycles. The Hall–Kier alpha value is -1.78. The van der Waals surface area contributed by atoms with E-state index in [1.54, 1.807) is 21.5 Å². The van der Waals surface area contributed by atoms with E-state index in [0.717, 1.165) is 11.3 Å². The molecular weight excluding hydrogens is 194 g/mol. The van der Waals surface area contributed by atoms with Crippen molar-refractivity contribution >= 4 is 11.6 Å². The van der Waals surface area contributed by atoms with Crippen molar-refractivity contribution in [1.82, 2.24) is 14.2 Å². The second-order valence-corrected chi connectivity index (χ2v) is 3.97. The summed E-state index contributed by atoms with van der Waals surface area (Å²) >= 11 is 0. The Labute approximate surface area is 85.9 Å². The molecule has 0 saturated heterocycles. The van der Waals surface area contributed by atoms with E-state index < -0.39 is 5.97 Å². The van der Waals surface area contributed by atoms with Crippen LogP contribution < -0.4 is 0 Å². The minimum absolute atomic E-state index is 0.00764. The van der Waals surface area contributed by atoms with E-state index in [9.17, 15) is 4.79 Å². The van der Waals surface area contributed by atoms with Crippen LogP contribution in [-0.4, -0.2) is 25.3 Å². The number of fused-ring (bicyclic) bond motifs is 1. The molecule has 1 N–H and O–H groups in total. The van der Waals surface area contributed by atoms with Crippen molar-refractivity contribution < 1.29 is 9.90 Å². The fraction of sp³-hybridized carbons (Fsp3) is 0.400. The zero-order chi connectivity index (χ0) is 10.4. The zero-order valence-corrected chi connectivity index (χ0v) is 8.13. The number of rotatable bonds is 3. The lowest BCUT2D eigenvalue weighted by atomic mass is 10.3. The Kier molecular flexibility index (Phi) is 1.62. The van der Waals surface area contributed by atoms with E-state index in [2.05, 4.69) is 5.10 Å². The number of hydrogen-bond donors (Lipinski definition) is 1. The second kappa shape index (κ2) is 2.85. The minimum atomic E-state index is -0.831. The van der Waals surface area contributed by atoms with Gasteiger partial charge in [-0.15, -0.1) is 0 Å². The van der Waals surface area contributed by atoms with E-state index in [0.29, 0.717) is 5.92 Å². The van der Waals surface area contributed by atoms with Gasteiger partial charge in [0.25, 0.3) is 0 Å². The molecule has 1 fully saturated rings. The van der Waals surface area contributed by atoms with E-state index in [1.807, 2.05) is 6.07 Å². The highest BCUT2D eigenvalue weighted by molar-refractivity contribution is 5.67. The summed E-state index contributed by atoms with van der Waals surface area (Å²) in [6, 6.07) is 1.99. The first-order valence-corrected chi connectivity index (χ1v) is 5.00. The standard InChI is InChI=1S/C10H11N3O2/c14-10(15)6-12-3-4-13-9(12)5-8(11-13)7-1-2-7/h3-5,7H,1-2,6H2,(H,14,15). The first-order valence-electron chi connectivity index (χ1n) is 5.00. The SMILES string of the molecule is O=C(O)Cn1ccn2nc(C3CC3)cc12. The number of carboxylic acid groups (broad SMARTS) is 1. The van der Waals surface area contributed by atoms with Crippen LogP contribution in [0.1, 0.15) is 24.5 Å². The molecule has 1 aliphatic carbocycles. The van der Waals surface area contributed by atoms with Crippen molar-refractivity contribution in [3.8, 4) is 0 Å². The molecule has 5 nitrogen and oxygen atoms in total. The van der Waals surface area contributed by atoms with Gasteiger partial charge in [-0.25, -0.2) is 4.52 Å². The van der Waals surface area contributed by atoms with Crippen molar-refractivity contribution in [2.75, 3.05) is 0 Å². The van der Waals surface area contributed by atoms with Crippen LogP contribution in [0.4, 0.5) is 0 Å². The number of aliphatic carboxylic acids is 1. The second-order valence-electron chi connectivity index (χ2n) is 3.97. The summed E-state index contributed by atoms with van der Waals surface area (Å²) in [5, 5.41) is 13.1. The average molecular weight is 205 g/mol. The van der Waals surface area contributed by atoms with Crippen molar-refractivity contribution in [1.29, 1.82) is 0 Å². The Bertz CT molecular complexity index is 522. The van der Waals surface area contributed by atoms with Crippen LogP contribution in [0, 0.1) is 0 Å². The normalized spacial score (nSPS) is 16.0. The predicted octanol–water partition coefficient (Wildman–Crippen LogP) is 1.10. The molecule has 5 heteroatoms. The quantitative estimate of drug-likeness (QED) is 0.816. The summed E-state index contributed by atoms with van der Waals surface area (Å²) in [6.07, 6.45) is 5.95. The van der Waals surface area contributed by atoms with Gasteiger partial charge in [-0.2, -0.15) is 5.10 Å². The van der Waals surface area contributed by atoms with Gasteiger partial charge in [-0.1, -0.05) is 0 Å². The van der Waals surface area contributed by atoms with Crippen LogP contribution in [0.15, 0.2) is 18.5 Å². The van der Waals surface area contributed by atoms with Gasteiger partial charge in [0.1, 0.15) is 12.2 Å². The highest BCUT2D eigenvalue weighted by Crippen LogP contribution is 2.39. The molecule has 0 atom stereocenters. The smallest absolute Gasteiger partial charge is 0.323 e. The molecule has 15 heavy (non-hydrogen) atoms. The molecule has 0 aliphatic heterocycles. The molecule has 1 aliphatic rings. The van der Waals surface area contributed by atoms with Gasteiger partial charge >= 0.3 is 5.97 Å². The number of carboxylic acids is 1. The lowest BCUT2D eigenvalue weighted by Gasteiger charge is -1.96. The van der Waals surface area contributed by atoms with Crippen molar-refractivity contribution in [2.24, 2.45) is 0 Å². The molecule has 2 heterocycles. The van der Waals surface area contributed by atoms with Gasteiger partial charge in [-0.3, -0.25) is 4.79 Å². The van der Waals surface area contributed by atoms with Crippen LogP contribution in [0.25, 0.3) is 5.65 Å². The van der Waals surface area contributed by atoms with E-state index in [4.69, 9.17) is 5.11 Å². The van der Waals surface area contributed by atoms with Crippen molar-refractivity contribution in [3.05, 3.63) is 24.2 Å². The third kappa shape index (κ3) is 1.40. The van der Waals surface area contributed by atoms with Crippen LogP contribution in [-0.2, 0) is 11.3 Å². The summed E-state index contributed by atoms with van der Waals surface area (Å²) in [5.41, 5.74) is 1.95. The molecule has 2 aromatic heterocycles. The van der Waals surface area contributed by atoms with Crippen molar-refractivity contribution in [3.63, 3.8) is 0 Å². The van der Waals surface area contributed by atoms with Crippen molar-refractivity contribution in [2.45, 2.75) is 25.3 Å². The first-order chi connectivity index (χ1) is 7.24. The van der Waals surface area contributed by atoms with Gasteiger partial charge in [0.05, 0.1) is 5.69 Å². The van der Waals surface area contributed by atoms with Crippen LogP contribution in [0.3, 0.4) is 0 Å². The fourth-order valence-corrected chi connectivity index (χ4v) is 1.81. The number of aromatic nitrogens is 3. The molecule has 0 spiro atoms. The molecule has 0 radical (unpaired) electrons. The minimum Gasteiger partial charge on any atom is -0.480 e. The molecule has 0 amide bonds. The van der Waals surface area contributed by atoms with Gasteiger partial charge in [0.2, 0.25) is 0 Å². The van der Waals surface area contributed by atoms with Gasteiger partial charge in [-0.05, 0) is 12.8 Å². The Morgan fingerprint density at radius 3 is 3.00 bits per heavy atom. The van der Waals surface area contributed by atoms with Gasteiger partial charge < -0.3 is 9.67 Å². The summed E-state index contributed by atoms with van der Waals surface area (Å²) < 4.78 is 3.44. The summed E-state index contributed by atoms with van der Waals surface area (Å²) in [7, 11) is 0. The van der Waals surface area contributed by atoms with Gasteiger partial charge in [0.15, 0.2) is 0 Å². The average Bonchev–Trinajstić information content (AvgIpc) is 2.84.